The molecule has 0 rings (SSSR count). The van der Waals surface area contributed by atoms with Crippen LogP contribution in [-0.4, -0.2) is 22.2 Å². The second kappa shape index (κ2) is 5.22. The molecule has 2 N–H and O–H groups in total. The number of carbonyl (C=O) groups is 2. The lowest BCUT2D eigenvalue weighted by Crippen LogP contribution is -2.37. The van der Waals surface area contributed by atoms with Crippen molar-refractivity contribution in [1.29, 1.82) is 5.26 Å². The first-order valence-corrected chi connectivity index (χ1v) is 4.39. The van der Waals surface area contributed by atoms with Gasteiger partial charge in [0.2, 0.25) is 5.41 Å². The van der Waals surface area contributed by atoms with Crippen LogP contribution in [0.3, 0.4) is 0 Å². The highest BCUT2D eigenvalue weighted by Gasteiger charge is 2.46. The van der Waals surface area contributed by atoms with Crippen molar-refractivity contribution < 1.29 is 19.8 Å². The summed E-state index contributed by atoms with van der Waals surface area (Å²) in [6.45, 7) is 1.91. The standard InChI is InChI=1S/C9H13NO4/c1-2-3-4-5-9(6-10,7(11)12)8(13)14/h2-5H2,1H3,(H,11,12)(H,13,14). The molecule has 0 spiro atoms. The number of aliphatic carboxylic acids is 2. The van der Waals surface area contributed by atoms with Crippen LogP contribution in [0.5, 0.6) is 0 Å². The maximum atomic E-state index is 10.7. The number of hydrogen-bond donors (Lipinski definition) is 2. The second-order valence-corrected chi connectivity index (χ2v) is 3.08. The quantitative estimate of drug-likeness (QED) is 0.495. The number of hydrogen-bond acceptors (Lipinski definition) is 3. The fourth-order valence-electron chi connectivity index (χ4n) is 1.10. The lowest BCUT2D eigenvalue weighted by Gasteiger charge is -2.15. The van der Waals surface area contributed by atoms with E-state index in [4.69, 9.17) is 15.5 Å². The molecule has 0 aromatic carbocycles. The van der Waals surface area contributed by atoms with Crippen LogP contribution >= 0.6 is 0 Å². The average Bonchev–Trinajstić information content (AvgIpc) is 2.11. The number of carboxylic acid groups (broad SMARTS) is 2. The number of unbranched alkanes of at least 4 members (excludes halogenated alkanes) is 2. The molecule has 0 aromatic heterocycles. The van der Waals surface area contributed by atoms with Crippen molar-refractivity contribution in [1.82, 2.24) is 0 Å². The van der Waals surface area contributed by atoms with E-state index in [1.165, 1.54) is 6.07 Å². The van der Waals surface area contributed by atoms with Crippen LogP contribution in [0.2, 0.25) is 0 Å². The Morgan fingerprint density at radius 3 is 2.07 bits per heavy atom. The van der Waals surface area contributed by atoms with E-state index in [1.807, 2.05) is 6.92 Å². The molecule has 5 nitrogen and oxygen atoms in total. The molecule has 0 aliphatic carbocycles. The zero-order valence-corrected chi connectivity index (χ0v) is 7.99. The van der Waals surface area contributed by atoms with E-state index in [-0.39, 0.29) is 6.42 Å². The van der Waals surface area contributed by atoms with Crippen LogP contribution in [0, 0.1) is 16.7 Å². The van der Waals surface area contributed by atoms with Crippen LogP contribution in [0.4, 0.5) is 0 Å². The molecule has 0 saturated carbocycles. The van der Waals surface area contributed by atoms with Gasteiger partial charge in [0.25, 0.3) is 0 Å². The Labute approximate surface area is 82.0 Å². The molecular weight excluding hydrogens is 186 g/mol. The second-order valence-electron chi connectivity index (χ2n) is 3.08. The lowest BCUT2D eigenvalue weighted by molar-refractivity contribution is -0.160. The molecule has 0 unspecified atom stereocenters. The first-order valence-electron chi connectivity index (χ1n) is 4.39. The van der Waals surface area contributed by atoms with Crippen LogP contribution in [-0.2, 0) is 9.59 Å². The van der Waals surface area contributed by atoms with Crippen molar-refractivity contribution in [3.63, 3.8) is 0 Å². The minimum atomic E-state index is -2.27. The number of carboxylic acids is 2. The number of rotatable bonds is 6. The van der Waals surface area contributed by atoms with Gasteiger partial charge in [0.1, 0.15) is 0 Å². The van der Waals surface area contributed by atoms with E-state index < -0.39 is 17.4 Å². The minimum absolute atomic E-state index is 0.137. The van der Waals surface area contributed by atoms with Gasteiger partial charge in [-0.2, -0.15) is 5.26 Å². The molecule has 0 amide bonds. The van der Waals surface area contributed by atoms with Gasteiger partial charge in [-0.3, -0.25) is 0 Å². The Kier molecular flexibility index (Phi) is 4.64. The Balaban J connectivity index is 4.63. The Morgan fingerprint density at radius 2 is 1.79 bits per heavy atom. The highest BCUT2D eigenvalue weighted by atomic mass is 16.4. The Bertz CT molecular complexity index is 252. The van der Waals surface area contributed by atoms with Crippen molar-refractivity contribution >= 4 is 11.9 Å². The monoisotopic (exact) mass is 199 g/mol. The fraction of sp³-hybridized carbons (Fsp3) is 0.667. The maximum Gasteiger partial charge on any atom is 0.335 e. The van der Waals surface area contributed by atoms with Gasteiger partial charge in [-0.15, -0.1) is 0 Å². The normalized spacial score (nSPS) is 10.6. The third-order valence-corrected chi connectivity index (χ3v) is 2.08. The third-order valence-electron chi connectivity index (χ3n) is 2.08. The molecule has 0 aromatic rings. The van der Waals surface area contributed by atoms with Crippen LogP contribution in [0.1, 0.15) is 32.6 Å². The fourth-order valence-corrected chi connectivity index (χ4v) is 1.10. The lowest BCUT2D eigenvalue weighted by atomic mass is 9.84. The van der Waals surface area contributed by atoms with Gasteiger partial charge in [0.15, 0.2) is 0 Å². The first kappa shape index (κ1) is 12.4. The smallest absolute Gasteiger partial charge is 0.335 e. The third kappa shape index (κ3) is 2.46. The van der Waals surface area contributed by atoms with Crippen molar-refractivity contribution in [2.75, 3.05) is 0 Å². The Morgan fingerprint density at radius 1 is 1.29 bits per heavy atom. The largest absolute Gasteiger partial charge is 0.480 e. The van der Waals surface area contributed by atoms with Crippen molar-refractivity contribution in [2.45, 2.75) is 32.6 Å². The average molecular weight is 199 g/mol. The summed E-state index contributed by atoms with van der Waals surface area (Å²) in [6.07, 6.45) is 1.87. The summed E-state index contributed by atoms with van der Waals surface area (Å²) in [5.74, 6) is -3.16. The van der Waals surface area contributed by atoms with Gasteiger partial charge in [-0.1, -0.05) is 26.2 Å². The predicted molar refractivity (Wildman–Crippen MR) is 47.5 cm³/mol. The molecule has 0 aliphatic rings. The molecular formula is C9H13NO4. The molecule has 0 saturated heterocycles. The Hall–Kier alpha value is -1.57. The summed E-state index contributed by atoms with van der Waals surface area (Å²) in [5.41, 5.74) is -2.27. The van der Waals surface area contributed by atoms with E-state index in [0.717, 1.165) is 12.8 Å². The molecule has 0 bridgehead atoms. The minimum Gasteiger partial charge on any atom is -0.480 e. The molecule has 14 heavy (non-hydrogen) atoms. The molecule has 0 fully saturated rings. The molecule has 78 valence electrons. The summed E-state index contributed by atoms with van der Waals surface area (Å²) in [4.78, 5) is 21.4. The van der Waals surface area contributed by atoms with E-state index in [2.05, 4.69) is 0 Å². The SMILES string of the molecule is CCCCCC(C#N)(C(=O)O)C(=O)O. The molecule has 0 aliphatic heterocycles. The maximum absolute atomic E-state index is 10.7. The summed E-state index contributed by atoms with van der Waals surface area (Å²) >= 11 is 0. The molecule has 0 radical (unpaired) electrons. The number of nitrogens with zero attached hydrogens (tertiary/aromatic N) is 1. The predicted octanol–water partition coefficient (Wildman–Crippen LogP) is 1.25. The molecule has 5 heteroatoms. The van der Waals surface area contributed by atoms with Gasteiger partial charge < -0.3 is 10.2 Å². The summed E-state index contributed by atoms with van der Waals surface area (Å²) in [5, 5.41) is 26.0. The van der Waals surface area contributed by atoms with Gasteiger partial charge in [-0.05, 0) is 6.42 Å². The number of nitriles is 1. The van der Waals surface area contributed by atoms with E-state index in [1.54, 1.807) is 0 Å². The van der Waals surface area contributed by atoms with Crippen molar-refractivity contribution in [3.8, 4) is 6.07 Å². The topological polar surface area (TPSA) is 98.4 Å². The summed E-state index contributed by atoms with van der Waals surface area (Å²) < 4.78 is 0. The highest BCUT2D eigenvalue weighted by molar-refractivity contribution is 6.01. The van der Waals surface area contributed by atoms with E-state index in [0.29, 0.717) is 6.42 Å². The van der Waals surface area contributed by atoms with Gasteiger partial charge >= 0.3 is 11.9 Å². The van der Waals surface area contributed by atoms with Gasteiger partial charge in [0, 0.05) is 0 Å². The zero-order chi connectivity index (χ0) is 11.2. The van der Waals surface area contributed by atoms with Gasteiger partial charge in [0.05, 0.1) is 6.07 Å². The van der Waals surface area contributed by atoms with Crippen molar-refractivity contribution in [3.05, 3.63) is 0 Å². The highest BCUT2D eigenvalue weighted by Crippen LogP contribution is 2.25. The van der Waals surface area contributed by atoms with Crippen LogP contribution in [0.25, 0.3) is 0 Å². The van der Waals surface area contributed by atoms with Gasteiger partial charge in [-0.25, -0.2) is 9.59 Å². The summed E-state index contributed by atoms with van der Waals surface area (Å²) in [6, 6.07) is 1.37. The van der Waals surface area contributed by atoms with E-state index >= 15 is 0 Å². The molecule has 0 atom stereocenters. The van der Waals surface area contributed by atoms with Crippen molar-refractivity contribution in [2.24, 2.45) is 5.41 Å². The first-order chi connectivity index (χ1) is 6.51. The van der Waals surface area contributed by atoms with Crippen LogP contribution < -0.4 is 0 Å². The van der Waals surface area contributed by atoms with Crippen LogP contribution in [0.15, 0.2) is 0 Å². The molecule has 0 heterocycles. The van der Waals surface area contributed by atoms with E-state index in [9.17, 15) is 9.59 Å². The summed E-state index contributed by atoms with van der Waals surface area (Å²) in [7, 11) is 0. The zero-order valence-electron chi connectivity index (χ0n) is 7.99.